The lowest BCUT2D eigenvalue weighted by molar-refractivity contribution is 0.0729. The molecule has 4 atom stereocenters. The van der Waals surface area contributed by atoms with E-state index in [2.05, 4.69) is 57.0 Å². The molecule has 0 amide bonds. The molecule has 178 valence electrons. The van der Waals surface area contributed by atoms with Crippen LogP contribution in [0.2, 0.25) is 0 Å². The van der Waals surface area contributed by atoms with E-state index in [4.69, 9.17) is 20.6 Å². The van der Waals surface area contributed by atoms with Crippen molar-refractivity contribution in [2.24, 2.45) is 17.6 Å². The molecule has 8 nitrogen and oxygen atoms in total. The molecule has 2 heterocycles. The van der Waals surface area contributed by atoms with Crippen molar-refractivity contribution in [1.29, 1.82) is 5.41 Å². The maximum Gasteiger partial charge on any atom is 0.216 e. The first-order chi connectivity index (χ1) is 17.1. The lowest BCUT2D eigenvalue weighted by Crippen LogP contribution is -2.48. The van der Waals surface area contributed by atoms with Gasteiger partial charge in [-0.3, -0.25) is 5.41 Å². The van der Waals surface area contributed by atoms with Gasteiger partial charge < -0.3 is 15.2 Å². The summed E-state index contributed by atoms with van der Waals surface area (Å²) >= 11 is 0. The zero-order valence-corrected chi connectivity index (χ0v) is 19.4. The van der Waals surface area contributed by atoms with E-state index < -0.39 is 5.60 Å². The normalized spacial score (nSPS) is 28.7. The van der Waals surface area contributed by atoms with Gasteiger partial charge in [0.05, 0.1) is 6.26 Å². The number of hydrogen-bond acceptors (Lipinski definition) is 6. The van der Waals surface area contributed by atoms with E-state index in [9.17, 15) is 0 Å². The zero-order valence-electron chi connectivity index (χ0n) is 19.4. The van der Waals surface area contributed by atoms with Crippen molar-refractivity contribution >= 4 is 5.84 Å². The summed E-state index contributed by atoms with van der Waals surface area (Å²) in [5.41, 5.74) is 8.36. The van der Waals surface area contributed by atoms with Crippen LogP contribution < -0.4 is 10.5 Å². The Labute approximate surface area is 203 Å². The molecule has 0 radical (unpaired) electrons. The van der Waals surface area contributed by atoms with E-state index >= 15 is 0 Å². The highest BCUT2D eigenvalue weighted by atomic mass is 16.5. The molecule has 8 heteroatoms. The summed E-state index contributed by atoms with van der Waals surface area (Å²) in [6, 6.07) is 17.1. The fourth-order valence-corrected chi connectivity index (χ4v) is 6.21. The largest absolute Gasteiger partial charge is 0.489 e. The Balaban J connectivity index is 1.27. The fraction of sp³-hybridized carbons (Fsp3) is 0.333. The third-order valence-corrected chi connectivity index (χ3v) is 7.96. The maximum absolute atomic E-state index is 7.95. The average Bonchev–Trinajstić information content (AvgIpc) is 3.67. The topological polar surface area (TPSA) is 123 Å². The molecule has 2 aliphatic carbocycles. The molecule has 1 aliphatic heterocycles. The number of aromatic amines is 1. The molecule has 35 heavy (non-hydrogen) atoms. The number of nitrogens with two attached hydrogens (primary N) is 1. The Morgan fingerprint density at radius 1 is 1.09 bits per heavy atom. The molecule has 2 aromatic carbocycles. The molecule has 1 unspecified atom stereocenters. The van der Waals surface area contributed by atoms with E-state index in [1.54, 1.807) is 12.2 Å². The Morgan fingerprint density at radius 2 is 1.86 bits per heavy atom. The minimum absolute atomic E-state index is 0.00213. The Bertz CT molecular complexity index is 1270. The number of amidine groups is 1. The molecule has 2 bridgehead atoms. The van der Waals surface area contributed by atoms with Gasteiger partial charge >= 0.3 is 0 Å². The summed E-state index contributed by atoms with van der Waals surface area (Å²) in [4.78, 5) is 0. The van der Waals surface area contributed by atoms with E-state index in [0.29, 0.717) is 11.7 Å². The number of tetrazole rings is 1. The number of ether oxygens (including phenoxy) is 2. The summed E-state index contributed by atoms with van der Waals surface area (Å²) in [6.07, 6.45) is 11.9. The van der Waals surface area contributed by atoms with Gasteiger partial charge in [0.1, 0.15) is 18.2 Å². The highest BCUT2D eigenvalue weighted by molar-refractivity contribution is 5.89. The number of nitrogens with zero attached hydrogens (tertiary/aromatic N) is 3. The van der Waals surface area contributed by atoms with Crippen LogP contribution in [0.1, 0.15) is 36.8 Å². The molecular weight excluding hydrogens is 440 g/mol. The van der Waals surface area contributed by atoms with E-state index in [1.807, 2.05) is 18.2 Å². The zero-order chi connectivity index (χ0) is 23.9. The SMILES string of the molecule is N=C(N)C1(COc2ccc([C@@]3(c4ccc(-c5nn[nH]n5)cc4)C[C@@H]4CC[C@H]3C4)cc2)C=CC=CO1. The van der Waals surface area contributed by atoms with Crippen molar-refractivity contribution in [1.82, 2.24) is 20.6 Å². The van der Waals surface area contributed by atoms with Gasteiger partial charge in [-0.15, -0.1) is 10.2 Å². The molecule has 4 N–H and O–H groups in total. The molecular formula is C27H28N6O2. The van der Waals surface area contributed by atoms with Gasteiger partial charge in [0.15, 0.2) is 0 Å². The highest BCUT2D eigenvalue weighted by Gasteiger charge is 2.52. The van der Waals surface area contributed by atoms with Crippen molar-refractivity contribution in [2.45, 2.75) is 36.7 Å². The number of hydrogen-bond donors (Lipinski definition) is 3. The van der Waals surface area contributed by atoms with E-state index in [0.717, 1.165) is 23.7 Å². The number of H-pyrrole nitrogens is 1. The quantitative estimate of drug-likeness (QED) is 0.354. The molecule has 2 saturated carbocycles. The summed E-state index contributed by atoms with van der Waals surface area (Å²) in [7, 11) is 0. The van der Waals surface area contributed by atoms with Gasteiger partial charge in [-0.1, -0.05) is 48.9 Å². The molecule has 3 aromatic rings. The highest BCUT2D eigenvalue weighted by Crippen LogP contribution is 2.60. The Kier molecular flexibility index (Phi) is 5.16. The Morgan fingerprint density at radius 3 is 2.43 bits per heavy atom. The van der Waals surface area contributed by atoms with E-state index in [1.165, 1.54) is 36.7 Å². The first kappa shape index (κ1) is 21.6. The monoisotopic (exact) mass is 468 g/mol. The third kappa shape index (κ3) is 3.60. The summed E-state index contributed by atoms with van der Waals surface area (Å²) < 4.78 is 11.7. The van der Waals surface area contributed by atoms with Crippen LogP contribution in [0.5, 0.6) is 5.75 Å². The minimum Gasteiger partial charge on any atom is -0.489 e. The summed E-state index contributed by atoms with van der Waals surface area (Å²) in [5.74, 6) is 2.65. The molecule has 3 aliphatic rings. The molecule has 2 fully saturated rings. The third-order valence-electron chi connectivity index (χ3n) is 7.96. The molecule has 0 spiro atoms. The fourth-order valence-electron chi connectivity index (χ4n) is 6.21. The average molecular weight is 469 g/mol. The van der Waals surface area contributed by atoms with Gasteiger partial charge in [0.2, 0.25) is 11.4 Å². The first-order valence-corrected chi connectivity index (χ1v) is 12.0. The van der Waals surface area contributed by atoms with Crippen molar-refractivity contribution in [2.75, 3.05) is 6.61 Å². The van der Waals surface area contributed by atoms with Crippen LogP contribution in [0.3, 0.4) is 0 Å². The Hall–Kier alpha value is -3.94. The molecule has 0 saturated heterocycles. The van der Waals surface area contributed by atoms with Crippen molar-refractivity contribution in [3.63, 3.8) is 0 Å². The van der Waals surface area contributed by atoms with Crippen LogP contribution in [-0.2, 0) is 10.2 Å². The van der Waals surface area contributed by atoms with Crippen molar-refractivity contribution in [3.8, 4) is 17.1 Å². The number of nitrogens with one attached hydrogen (secondary N) is 2. The van der Waals surface area contributed by atoms with Gasteiger partial charge in [0, 0.05) is 11.0 Å². The van der Waals surface area contributed by atoms with Crippen LogP contribution in [0, 0.1) is 17.2 Å². The van der Waals surface area contributed by atoms with Crippen LogP contribution in [0.15, 0.2) is 73.0 Å². The number of fused-ring (bicyclic) bond motifs is 2. The summed E-state index contributed by atoms with van der Waals surface area (Å²) in [6.45, 7) is 0.135. The van der Waals surface area contributed by atoms with Gasteiger partial charge in [-0.2, -0.15) is 5.21 Å². The van der Waals surface area contributed by atoms with Gasteiger partial charge in [-0.25, -0.2) is 0 Å². The lowest BCUT2D eigenvalue weighted by atomic mass is 9.64. The molecule has 6 rings (SSSR count). The predicted molar refractivity (Wildman–Crippen MR) is 132 cm³/mol. The van der Waals surface area contributed by atoms with Crippen LogP contribution >= 0.6 is 0 Å². The molecule has 1 aromatic heterocycles. The second-order valence-electron chi connectivity index (χ2n) is 9.79. The number of allylic oxidation sites excluding steroid dienone is 2. The van der Waals surface area contributed by atoms with Crippen LogP contribution in [0.4, 0.5) is 0 Å². The predicted octanol–water partition coefficient (Wildman–Crippen LogP) is 4.13. The van der Waals surface area contributed by atoms with Crippen molar-refractivity contribution in [3.05, 3.63) is 84.1 Å². The maximum atomic E-state index is 7.95. The number of benzene rings is 2. The standard InChI is InChI=1S/C27H28N6O2/c28-25(29)26(13-1-2-14-35-26)17-34-23-11-9-21(10-12-23)27(16-18-3-6-22(27)15-18)20-7-4-19(5-8-20)24-30-32-33-31-24/h1-2,4-5,7-14,18,22H,3,6,15-17H2,(H3,28,29)(H,30,31,32,33)/t18-,22+,26?,27+/m1/s1. The second-order valence-corrected chi connectivity index (χ2v) is 9.79. The van der Waals surface area contributed by atoms with E-state index in [-0.39, 0.29) is 17.9 Å². The first-order valence-electron chi connectivity index (χ1n) is 12.0. The number of rotatable bonds is 7. The van der Waals surface area contributed by atoms with Crippen molar-refractivity contribution < 1.29 is 9.47 Å². The minimum atomic E-state index is -1.07. The smallest absolute Gasteiger partial charge is 0.216 e. The lowest BCUT2D eigenvalue weighted by Gasteiger charge is -2.39. The second kappa shape index (κ2) is 8.37. The van der Waals surface area contributed by atoms with Gasteiger partial charge in [-0.05, 0) is 71.7 Å². The van der Waals surface area contributed by atoms with Crippen LogP contribution in [-0.4, -0.2) is 38.7 Å². The van der Waals surface area contributed by atoms with Crippen LogP contribution in [0.25, 0.3) is 11.4 Å². The number of aromatic nitrogens is 4. The summed E-state index contributed by atoms with van der Waals surface area (Å²) in [5, 5.41) is 22.4. The van der Waals surface area contributed by atoms with Gasteiger partial charge in [0.25, 0.3) is 0 Å².